The topological polar surface area (TPSA) is 29.5 Å². The predicted octanol–water partition coefficient (Wildman–Crippen LogP) is 1.71. The molecule has 5 unspecified atom stereocenters. The van der Waals surface area contributed by atoms with Crippen LogP contribution in [0.3, 0.4) is 0 Å². The summed E-state index contributed by atoms with van der Waals surface area (Å²) in [6, 6.07) is 0. The quantitative estimate of drug-likeness (QED) is 0.720. The Morgan fingerprint density at radius 3 is 2.92 bits per heavy atom. The zero-order chi connectivity index (χ0) is 9.05. The van der Waals surface area contributed by atoms with Crippen LogP contribution in [0.25, 0.3) is 0 Å². The van der Waals surface area contributed by atoms with Crippen LogP contribution in [0, 0.1) is 11.8 Å². The first-order chi connectivity index (χ1) is 6.27. The molecule has 1 saturated heterocycles. The second-order valence-electron chi connectivity index (χ2n) is 5.05. The lowest BCUT2D eigenvalue weighted by atomic mass is 9.72. The minimum atomic E-state index is -0.131. The van der Waals surface area contributed by atoms with Gasteiger partial charge in [-0.3, -0.25) is 0 Å². The van der Waals surface area contributed by atoms with Crippen molar-refractivity contribution in [1.29, 1.82) is 0 Å². The molecule has 0 aromatic carbocycles. The van der Waals surface area contributed by atoms with Gasteiger partial charge in [0.15, 0.2) is 0 Å². The Balaban J connectivity index is 1.72. The van der Waals surface area contributed by atoms with Crippen LogP contribution < -0.4 is 0 Å². The standard InChI is InChI=1S/C11H18O2/c1-2-3-4-11-6-7-5-8(11)10(13-11)9(7)12/h7-10,12H,2-6H2,1H3. The van der Waals surface area contributed by atoms with Gasteiger partial charge in [0.25, 0.3) is 0 Å². The minimum absolute atomic E-state index is 0.131. The maximum Gasteiger partial charge on any atom is 0.0900 e. The van der Waals surface area contributed by atoms with E-state index in [1.54, 1.807) is 0 Å². The molecular formula is C11H18O2. The van der Waals surface area contributed by atoms with Crippen LogP contribution in [-0.4, -0.2) is 22.9 Å². The molecule has 0 aromatic rings. The Morgan fingerprint density at radius 2 is 2.38 bits per heavy atom. The van der Waals surface area contributed by atoms with Gasteiger partial charge in [0.05, 0.1) is 17.8 Å². The third-order valence-corrected chi connectivity index (χ3v) is 4.38. The van der Waals surface area contributed by atoms with Crippen molar-refractivity contribution in [1.82, 2.24) is 0 Å². The van der Waals surface area contributed by atoms with Crippen molar-refractivity contribution < 1.29 is 9.84 Å². The van der Waals surface area contributed by atoms with Gasteiger partial charge in [-0.15, -0.1) is 0 Å². The van der Waals surface area contributed by atoms with E-state index in [4.69, 9.17) is 4.74 Å². The van der Waals surface area contributed by atoms with E-state index in [0.717, 1.165) is 6.42 Å². The van der Waals surface area contributed by atoms with E-state index >= 15 is 0 Å². The number of unbranched alkanes of at least 4 members (excludes halogenated alkanes) is 1. The highest BCUT2D eigenvalue weighted by atomic mass is 16.6. The normalized spacial score (nSPS) is 56.8. The van der Waals surface area contributed by atoms with Crippen molar-refractivity contribution in [3.63, 3.8) is 0 Å². The smallest absolute Gasteiger partial charge is 0.0900 e. The van der Waals surface area contributed by atoms with E-state index in [-0.39, 0.29) is 17.8 Å². The van der Waals surface area contributed by atoms with E-state index in [2.05, 4.69) is 6.92 Å². The number of rotatable bonds is 3. The molecule has 5 atom stereocenters. The maximum atomic E-state index is 9.74. The first-order valence-corrected chi connectivity index (χ1v) is 5.63. The van der Waals surface area contributed by atoms with Gasteiger partial charge in [-0.05, 0) is 25.2 Å². The number of hydrogen-bond donors (Lipinski definition) is 1. The minimum Gasteiger partial charge on any atom is -0.390 e. The summed E-state index contributed by atoms with van der Waals surface area (Å²) in [6.07, 6.45) is 6.23. The zero-order valence-electron chi connectivity index (χ0n) is 8.20. The van der Waals surface area contributed by atoms with Crippen molar-refractivity contribution in [3.05, 3.63) is 0 Å². The lowest BCUT2D eigenvalue weighted by Crippen LogP contribution is -2.63. The van der Waals surface area contributed by atoms with Crippen molar-refractivity contribution in [3.8, 4) is 0 Å². The van der Waals surface area contributed by atoms with Crippen molar-refractivity contribution >= 4 is 0 Å². The van der Waals surface area contributed by atoms with Gasteiger partial charge >= 0.3 is 0 Å². The molecule has 3 rings (SSSR count). The molecule has 2 aliphatic carbocycles. The summed E-state index contributed by atoms with van der Waals surface area (Å²) in [6.45, 7) is 2.23. The fourth-order valence-electron chi connectivity index (χ4n) is 3.73. The van der Waals surface area contributed by atoms with Crippen molar-refractivity contribution in [2.45, 2.75) is 56.8 Å². The van der Waals surface area contributed by atoms with E-state index in [1.807, 2.05) is 0 Å². The molecule has 1 aliphatic heterocycles. The predicted molar refractivity (Wildman–Crippen MR) is 49.3 cm³/mol. The number of aliphatic hydroxyl groups is 1. The van der Waals surface area contributed by atoms with E-state index in [9.17, 15) is 5.11 Å². The number of hydrogen-bond acceptors (Lipinski definition) is 2. The monoisotopic (exact) mass is 182 g/mol. The Kier molecular flexibility index (Phi) is 1.58. The Hall–Kier alpha value is -0.0800. The lowest BCUT2D eigenvalue weighted by Gasteiger charge is -2.55. The fraction of sp³-hybridized carbons (Fsp3) is 1.00. The van der Waals surface area contributed by atoms with Crippen molar-refractivity contribution in [2.24, 2.45) is 11.8 Å². The van der Waals surface area contributed by atoms with E-state index in [1.165, 1.54) is 25.7 Å². The molecule has 3 aliphatic rings. The van der Waals surface area contributed by atoms with Gasteiger partial charge in [-0.25, -0.2) is 0 Å². The van der Waals surface area contributed by atoms with Crippen LogP contribution in [0.1, 0.15) is 39.0 Å². The Morgan fingerprint density at radius 1 is 1.54 bits per heavy atom. The summed E-state index contributed by atoms with van der Waals surface area (Å²) in [7, 11) is 0. The first kappa shape index (κ1) is 8.25. The summed E-state index contributed by atoms with van der Waals surface area (Å²) in [4.78, 5) is 0. The molecule has 0 aromatic heterocycles. The van der Waals surface area contributed by atoms with Gasteiger partial charge in [0, 0.05) is 5.92 Å². The van der Waals surface area contributed by atoms with Crippen LogP contribution in [0.2, 0.25) is 0 Å². The molecule has 0 radical (unpaired) electrons. The maximum absolute atomic E-state index is 9.74. The summed E-state index contributed by atoms with van der Waals surface area (Å²) in [5.74, 6) is 1.28. The van der Waals surface area contributed by atoms with Gasteiger partial charge in [-0.2, -0.15) is 0 Å². The molecule has 0 spiro atoms. The van der Waals surface area contributed by atoms with E-state index in [0.29, 0.717) is 11.8 Å². The van der Waals surface area contributed by atoms with Crippen molar-refractivity contribution in [2.75, 3.05) is 0 Å². The second kappa shape index (κ2) is 2.48. The number of fused-ring (bicyclic) bond motifs is 1. The van der Waals surface area contributed by atoms with E-state index < -0.39 is 0 Å². The average Bonchev–Trinajstić information content (AvgIpc) is 2.51. The molecule has 2 nitrogen and oxygen atoms in total. The third kappa shape index (κ3) is 0.861. The lowest BCUT2D eigenvalue weighted by molar-refractivity contribution is -0.290. The molecule has 0 amide bonds. The molecule has 2 saturated carbocycles. The molecule has 74 valence electrons. The molecule has 2 heteroatoms. The largest absolute Gasteiger partial charge is 0.390 e. The molecular weight excluding hydrogens is 164 g/mol. The van der Waals surface area contributed by atoms with Crippen LogP contribution in [-0.2, 0) is 4.74 Å². The summed E-state index contributed by atoms with van der Waals surface area (Å²) in [5, 5.41) is 9.74. The average molecular weight is 182 g/mol. The van der Waals surface area contributed by atoms with Gasteiger partial charge in [0.1, 0.15) is 0 Å². The van der Waals surface area contributed by atoms with Gasteiger partial charge in [0.2, 0.25) is 0 Å². The third-order valence-electron chi connectivity index (χ3n) is 4.38. The molecule has 2 bridgehead atoms. The highest BCUT2D eigenvalue weighted by Gasteiger charge is 2.69. The number of aliphatic hydroxyl groups excluding tert-OH is 1. The van der Waals surface area contributed by atoms with Gasteiger partial charge < -0.3 is 9.84 Å². The molecule has 1 N–H and O–H groups in total. The van der Waals surface area contributed by atoms with Gasteiger partial charge in [-0.1, -0.05) is 19.8 Å². The van der Waals surface area contributed by atoms with Crippen LogP contribution >= 0.6 is 0 Å². The summed E-state index contributed by atoms with van der Waals surface area (Å²) in [5.41, 5.74) is 0.227. The first-order valence-electron chi connectivity index (χ1n) is 5.63. The molecule has 1 heterocycles. The SMILES string of the molecule is CCCCC12CC3CC1C(O2)C3O. The van der Waals surface area contributed by atoms with Crippen LogP contribution in [0.4, 0.5) is 0 Å². The Bertz CT molecular complexity index is 222. The highest BCUT2D eigenvalue weighted by molar-refractivity contribution is 5.17. The second-order valence-corrected chi connectivity index (χ2v) is 5.05. The fourth-order valence-corrected chi connectivity index (χ4v) is 3.73. The Labute approximate surface area is 79.3 Å². The van der Waals surface area contributed by atoms with Crippen LogP contribution in [0.15, 0.2) is 0 Å². The number of ether oxygens (including phenoxy) is 1. The summed E-state index contributed by atoms with van der Waals surface area (Å²) < 4.78 is 5.88. The summed E-state index contributed by atoms with van der Waals surface area (Å²) >= 11 is 0. The highest BCUT2D eigenvalue weighted by Crippen LogP contribution is 2.63. The molecule has 3 fully saturated rings. The van der Waals surface area contributed by atoms with Crippen LogP contribution in [0.5, 0.6) is 0 Å². The zero-order valence-corrected chi connectivity index (χ0v) is 8.20. The molecule has 13 heavy (non-hydrogen) atoms.